The van der Waals surface area contributed by atoms with Gasteiger partial charge in [-0.2, -0.15) is 5.26 Å². The molecule has 0 aliphatic heterocycles. The minimum Gasteiger partial charge on any atom is -0.370 e. The van der Waals surface area contributed by atoms with Crippen LogP contribution in [0.15, 0.2) is 12.1 Å². The van der Waals surface area contributed by atoms with Crippen LogP contribution in [-0.2, 0) is 6.42 Å². The number of carbonyl (C=O) groups excluding carboxylic acids is 1. The van der Waals surface area contributed by atoms with Gasteiger partial charge in [0.05, 0.1) is 12.5 Å². The molecule has 5 nitrogen and oxygen atoms in total. The van der Waals surface area contributed by atoms with Crippen LogP contribution in [0.4, 0.5) is 5.82 Å². The lowest BCUT2D eigenvalue weighted by Crippen LogP contribution is -2.35. The minimum atomic E-state index is -0.104. The largest absolute Gasteiger partial charge is 0.370 e. The van der Waals surface area contributed by atoms with Gasteiger partial charge < -0.3 is 10.2 Å². The Morgan fingerprint density at radius 3 is 2.76 bits per heavy atom. The second-order valence-electron chi connectivity index (χ2n) is 5.14. The van der Waals surface area contributed by atoms with Crippen molar-refractivity contribution in [2.24, 2.45) is 0 Å². The molecule has 5 heteroatoms. The molecule has 1 atom stereocenters. The number of anilines is 1. The molecule has 0 saturated heterocycles. The fourth-order valence-electron chi connectivity index (χ4n) is 1.91. The summed E-state index contributed by atoms with van der Waals surface area (Å²) in [6, 6.07) is 5.61. The van der Waals surface area contributed by atoms with E-state index in [1.165, 1.54) is 0 Å². The van der Waals surface area contributed by atoms with E-state index in [2.05, 4.69) is 23.3 Å². The van der Waals surface area contributed by atoms with Crippen molar-refractivity contribution in [1.29, 1.82) is 5.26 Å². The van der Waals surface area contributed by atoms with Crippen LogP contribution in [-0.4, -0.2) is 35.4 Å². The lowest BCUT2D eigenvalue weighted by Gasteiger charge is -2.23. The van der Waals surface area contributed by atoms with Crippen molar-refractivity contribution in [2.45, 2.75) is 46.1 Å². The van der Waals surface area contributed by atoms with Crippen molar-refractivity contribution in [2.75, 3.05) is 18.9 Å². The fraction of sp³-hybridized carbons (Fsp3) is 0.562. The first-order valence-electron chi connectivity index (χ1n) is 7.42. The van der Waals surface area contributed by atoms with Gasteiger partial charge in [-0.3, -0.25) is 4.79 Å². The van der Waals surface area contributed by atoms with Gasteiger partial charge in [-0.15, -0.1) is 0 Å². The predicted octanol–water partition coefficient (Wildman–Crippen LogP) is 2.84. The SMILES string of the molecule is CCCNc1cc(C(=O)N(C)C(C)CC#N)cc(CC)n1. The number of nitrogens with one attached hydrogen (secondary N) is 1. The van der Waals surface area contributed by atoms with Crippen molar-refractivity contribution in [1.82, 2.24) is 9.88 Å². The van der Waals surface area contributed by atoms with Crippen LogP contribution >= 0.6 is 0 Å². The van der Waals surface area contributed by atoms with Gasteiger partial charge in [-0.05, 0) is 31.9 Å². The molecular weight excluding hydrogens is 264 g/mol. The highest BCUT2D eigenvalue weighted by molar-refractivity contribution is 5.95. The number of nitrogens with zero attached hydrogens (tertiary/aromatic N) is 3. The molecule has 1 heterocycles. The molecule has 21 heavy (non-hydrogen) atoms. The monoisotopic (exact) mass is 288 g/mol. The molecule has 0 aliphatic carbocycles. The van der Waals surface area contributed by atoms with Crippen LogP contribution in [0.3, 0.4) is 0 Å². The Balaban J connectivity index is 2.99. The van der Waals surface area contributed by atoms with E-state index in [0.717, 1.165) is 30.9 Å². The van der Waals surface area contributed by atoms with Crippen LogP contribution in [0.1, 0.15) is 49.7 Å². The number of carbonyl (C=O) groups is 1. The van der Waals surface area contributed by atoms with Crippen LogP contribution in [0.2, 0.25) is 0 Å². The highest BCUT2D eigenvalue weighted by Crippen LogP contribution is 2.15. The fourth-order valence-corrected chi connectivity index (χ4v) is 1.91. The Hall–Kier alpha value is -2.09. The zero-order chi connectivity index (χ0) is 15.8. The van der Waals surface area contributed by atoms with Crippen molar-refractivity contribution >= 4 is 11.7 Å². The molecule has 0 aliphatic rings. The van der Waals surface area contributed by atoms with Crippen molar-refractivity contribution in [3.05, 3.63) is 23.4 Å². The maximum atomic E-state index is 12.5. The summed E-state index contributed by atoms with van der Waals surface area (Å²) in [5.41, 5.74) is 1.51. The number of hydrogen-bond acceptors (Lipinski definition) is 4. The van der Waals surface area contributed by atoms with Gasteiger partial charge in [0.2, 0.25) is 0 Å². The van der Waals surface area contributed by atoms with Crippen molar-refractivity contribution in [3.8, 4) is 6.07 Å². The summed E-state index contributed by atoms with van der Waals surface area (Å²) in [7, 11) is 1.73. The van der Waals surface area contributed by atoms with Crippen molar-refractivity contribution < 1.29 is 4.79 Å². The summed E-state index contributed by atoms with van der Waals surface area (Å²) in [6.07, 6.45) is 2.11. The maximum Gasteiger partial charge on any atom is 0.254 e. The Kier molecular flexibility index (Phi) is 6.67. The number of aryl methyl sites for hydroxylation is 1. The zero-order valence-corrected chi connectivity index (χ0v) is 13.3. The van der Waals surface area contributed by atoms with E-state index in [1.807, 2.05) is 19.9 Å². The first kappa shape index (κ1) is 17.0. The van der Waals surface area contributed by atoms with E-state index in [0.29, 0.717) is 12.0 Å². The lowest BCUT2D eigenvalue weighted by molar-refractivity contribution is 0.0746. The zero-order valence-electron chi connectivity index (χ0n) is 13.3. The van der Waals surface area contributed by atoms with Crippen LogP contribution in [0, 0.1) is 11.3 Å². The third kappa shape index (κ3) is 4.75. The lowest BCUT2D eigenvalue weighted by atomic mass is 10.1. The summed E-state index contributed by atoms with van der Waals surface area (Å²) < 4.78 is 0. The molecule has 1 aromatic rings. The molecule has 0 radical (unpaired) electrons. The molecule has 0 spiro atoms. The summed E-state index contributed by atoms with van der Waals surface area (Å²) in [6.45, 7) is 6.80. The smallest absolute Gasteiger partial charge is 0.254 e. The van der Waals surface area contributed by atoms with Crippen molar-refractivity contribution in [3.63, 3.8) is 0 Å². The number of rotatable bonds is 7. The van der Waals surface area contributed by atoms with E-state index in [-0.39, 0.29) is 11.9 Å². The number of hydrogen-bond donors (Lipinski definition) is 1. The van der Waals surface area contributed by atoms with Gasteiger partial charge in [0, 0.05) is 30.9 Å². The van der Waals surface area contributed by atoms with E-state index in [1.54, 1.807) is 18.0 Å². The van der Waals surface area contributed by atoms with Gasteiger partial charge in [0.25, 0.3) is 5.91 Å². The first-order chi connectivity index (χ1) is 10.0. The second kappa shape index (κ2) is 8.25. The van der Waals surface area contributed by atoms with Crippen LogP contribution < -0.4 is 5.32 Å². The summed E-state index contributed by atoms with van der Waals surface area (Å²) in [5.74, 6) is 0.662. The standard InChI is InChI=1S/C16H24N4O/c1-5-9-18-15-11-13(10-14(6-2)19-15)16(21)20(4)12(3)7-8-17/h10-12H,5-7,9H2,1-4H3,(H,18,19). The number of nitriles is 1. The first-order valence-corrected chi connectivity index (χ1v) is 7.42. The molecule has 0 saturated carbocycles. The summed E-state index contributed by atoms with van der Waals surface area (Å²) in [5, 5.41) is 12.0. The van der Waals surface area contributed by atoms with Gasteiger partial charge >= 0.3 is 0 Å². The second-order valence-corrected chi connectivity index (χ2v) is 5.14. The van der Waals surface area contributed by atoms with E-state index in [9.17, 15) is 4.79 Å². The highest BCUT2D eigenvalue weighted by atomic mass is 16.2. The van der Waals surface area contributed by atoms with E-state index < -0.39 is 0 Å². The van der Waals surface area contributed by atoms with Gasteiger partial charge in [-0.25, -0.2) is 4.98 Å². The van der Waals surface area contributed by atoms with Gasteiger partial charge in [0.1, 0.15) is 5.82 Å². The van der Waals surface area contributed by atoms with Crippen LogP contribution in [0.5, 0.6) is 0 Å². The quantitative estimate of drug-likeness (QED) is 0.837. The summed E-state index contributed by atoms with van der Waals surface area (Å²) in [4.78, 5) is 18.6. The minimum absolute atomic E-state index is 0.0746. The third-order valence-electron chi connectivity index (χ3n) is 3.41. The molecule has 1 unspecified atom stereocenters. The molecular formula is C16H24N4O. The Morgan fingerprint density at radius 2 is 2.19 bits per heavy atom. The molecule has 0 bridgehead atoms. The average Bonchev–Trinajstić information content (AvgIpc) is 2.51. The molecule has 0 aromatic carbocycles. The number of pyridine rings is 1. The van der Waals surface area contributed by atoms with Gasteiger partial charge in [-0.1, -0.05) is 13.8 Å². The van der Waals surface area contributed by atoms with E-state index >= 15 is 0 Å². The topological polar surface area (TPSA) is 69.0 Å². The maximum absolute atomic E-state index is 12.5. The Bertz CT molecular complexity index is 521. The average molecular weight is 288 g/mol. The highest BCUT2D eigenvalue weighted by Gasteiger charge is 2.18. The van der Waals surface area contributed by atoms with Crippen LogP contribution in [0.25, 0.3) is 0 Å². The summed E-state index contributed by atoms with van der Waals surface area (Å²) >= 11 is 0. The third-order valence-corrected chi connectivity index (χ3v) is 3.41. The molecule has 1 N–H and O–H groups in total. The number of aromatic nitrogens is 1. The molecule has 114 valence electrons. The molecule has 0 fully saturated rings. The normalized spacial score (nSPS) is 11.6. The molecule has 1 rings (SSSR count). The Labute approximate surface area is 127 Å². The molecule has 1 amide bonds. The molecule has 1 aromatic heterocycles. The van der Waals surface area contributed by atoms with Gasteiger partial charge in [0.15, 0.2) is 0 Å². The predicted molar refractivity (Wildman–Crippen MR) is 84.2 cm³/mol. The van der Waals surface area contributed by atoms with E-state index in [4.69, 9.17) is 5.26 Å². The number of amides is 1. The Morgan fingerprint density at radius 1 is 1.48 bits per heavy atom.